The number of nitrogens with two attached hydrogens (primary N) is 1. The van der Waals surface area contributed by atoms with Crippen LogP contribution >= 0.6 is 0 Å². The van der Waals surface area contributed by atoms with Crippen LogP contribution < -0.4 is 11.1 Å². The van der Waals surface area contributed by atoms with Crippen molar-refractivity contribution in [2.45, 2.75) is 58.6 Å². The van der Waals surface area contributed by atoms with Crippen LogP contribution in [-0.4, -0.2) is 42.4 Å². The zero-order valence-electron chi connectivity index (χ0n) is 13.7. The van der Waals surface area contributed by atoms with E-state index in [9.17, 15) is 4.79 Å². The third kappa shape index (κ3) is 2.60. The maximum absolute atomic E-state index is 12.7. The summed E-state index contributed by atoms with van der Waals surface area (Å²) in [5.74, 6) is 0.0347. The highest BCUT2D eigenvalue weighted by atomic mass is 16.5. The number of rotatable bonds is 5. The van der Waals surface area contributed by atoms with Gasteiger partial charge in [-0.3, -0.25) is 4.79 Å². The number of fused-ring (bicyclic) bond motifs is 1. The molecule has 5 nitrogen and oxygen atoms in total. The molecule has 0 spiro atoms. The van der Waals surface area contributed by atoms with E-state index in [1.54, 1.807) is 0 Å². The molecule has 3 unspecified atom stereocenters. The highest BCUT2D eigenvalue weighted by Crippen LogP contribution is 2.57. The van der Waals surface area contributed by atoms with Gasteiger partial charge < -0.3 is 20.9 Å². The molecule has 1 aliphatic heterocycles. The second-order valence-electron chi connectivity index (χ2n) is 7.95. The van der Waals surface area contributed by atoms with Crippen LogP contribution in [0, 0.1) is 16.7 Å². The van der Waals surface area contributed by atoms with Gasteiger partial charge in [-0.05, 0) is 24.7 Å². The lowest BCUT2D eigenvalue weighted by Crippen LogP contribution is -2.82. The summed E-state index contributed by atoms with van der Waals surface area (Å²) in [6.45, 7) is 9.54. The minimum atomic E-state index is -0.854. The van der Waals surface area contributed by atoms with E-state index in [2.05, 4.69) is 5.32 Å². The molecule has 4 N–H and O–H groups in total. The van der Waals surface area contributed by atoms with Gasteiger partial charge in [-0.25, -0.2) is 0 Å². The summed E-state index contributed by atoms with van der Waals surface area (Å²) in [6.07, 6.45) is 2.67. The van der Waals surface area contributed by atoms with E-state index >= 15 is 0 Å². The summed E-state index contributed by atoms with van der Waals surface area (Å²) >= 11 is 0. The predicted molar refractivity (Wildman–Crippen MR) is 81.7 cm³/mol. The van der Waals surface area contributed by atoms with Gasteiger partial charge >= 0.3 is 0 Å². The quantitative estimate of drug-likeness (QED) is 0.708. The Labute approximate surface area is 127 Å². The number of aliphatic hydroxyl groups excluding tert-OH is 1. The normalized spacial score (nSPS) is 34.8. The molecule has 5 heteroatoms. The van der Waals surface area contributed by atoms with Crippen LogP contribution in [0.3, 0.4) is 0 Å². The Balaban J connectivity index is 2.04. The van der Waals surface area contributed by atoms with Crippen molar-refractivity contribution in [1.29, 1.82) is 0 Å². The van der Waals surface area contributed by atoms with Crippen LogP contribution in [0.25, 0.3) is 0 Å². The van der Waals surface area contributed by atoms with E-state index in [0.717, 1.165) is 19.4 Å². The Hall–Kier alpha value is -0.650. The van der Waals surface area contributed by atoms with Crippen molar-refractivity contribution in [1.82, 2.24) is 5.32 Å². The molecule has 1 aliphatic carbocycles. The van der Waals surface area contributed by atoms with E-state index in [1.165, 1.54) is 0 Å². The molecule has 1 amide bonds. The lowest BCUT2D eigenvalue weighted by Gasteiger charge is -2.65. The van der Waals surface area contributed by atoms with Crippen LogP contribution in [0.15, 0.2) is 0 Å². The first-order valence-corrected chi connectivity index (χ1v) is 7.96. The average molecular weight is 298 g/mol. The molecule has 0 bridgehead atoms. The van der Waals surface area contributed by atoms with E-state index in [1.807, 2.05) is 27.7 Å². The predicted octanol–water partition coefficient (Wildman–Crippen LogP) is 1.04. The second kappa shape index (κ2) is 5.52. The van der Waals surface area contributed by atoms with Crippen molar-refractivity contribution in [3.05, 3.63) is 0 Å². The number of hydrogen-bond donors (Lipinski definition) is 3. The van der Waals surface area contributed by atoms with Gasteiger partial charge in [-0.2, -0.15) is 0 Å². The Bertz CT molecular complexity index is 408. The van der Waals surface area contributed by atoms with Gasteiger partial charge in [-0.15, -0.1) is 0 Å². The van der Waals surface area contributed by atoms with Crippen LogP contribution in [0.4, 0.5) is 0 Å². The Morgan fingerprint density at radius 2 is 2.14 bits per heavy atom. The summed E-state index contributed by atoms with van der Waals surface area (Å²) in [4.78, 5) is 12.7. The first-order valence-electron chi connectivity index (χ1n) is 7.96. The molecule has 21 heavy (non-hydrogen) atoms. The van der Waals surface area contributed by atoms with Gasteiger partial charge in [0, 0.05) is 31.1 Å². The van der Waals surface area contributed by atoms with E-state index in [0.29, 0.717) is 13.0 Å². The molecule has 2 aliphatic rings. The van der Waals surface area contributed by atoms with Crippen molar-refractivity contribution in [2.24, 2.45) is 22.5 Å². The fourth-order valence-electron chi connectivity index (χ4n) is 3.89. The van der Waals surface area contributed by atoms with Crippen LogP contribution in [0.2, 0.25) is 0 Å². The maximum Gasteiger partial charge on any atom is 0.241 e. The van der Waals surface area contributed by atoms with Gasteiger partial charge in [0.15, 0.2) is 0 Å². The van der Waals surface area contributed by atoms with E-state index < -0.39 is 5.54 Å². The molecule has 0 aromatic carbocycles. The monoisotopic (exact) mass is 298 g/mol. The summed E-state index contributed by atoms with van der Waals surface area (Å²) in [5, 5.41) is 12.1. The SMILES string of the molecule is CC(C)(CCO)CNC(=O)C1(N)C2CCCOC2C1(C)C. The summed E-state index contributed by atoms with van der Waals surface area (Å²) in [6, 6.07) is 0. The molecule has 1 saturated carbocycles. The van der Waals surface area contributed by atoms with Crippen LogP contribution in [0.5, 0.6) is 0 Å². The first kappa shape index (κ1) is 16.7. The van der Waals surface area contributed by atoms with Crippen molar-refractivity contribution in [3.8, 4) is 0 Å². The van der Waals surface area contributed by atoms with Crippen molar-refractivity contribution >= 4 is 5.91 Å². The minimum Gasteiger partial charge on any atom is -0.396 e. The van der Waals surface area contributed by atoms with E-state index in [-0.39, 0.29) is 35.4 Å². The van der Waals surface area contributed by atoms with Gasteiger partial charge in [0.25, 0.3) is 0 Å². The molecule has 3 atom stereocenters. The first-order chi connectivity index (χ1) is 9.67. The molecule has 2 rings (SSSR count). The molecule has 0 aromatic rings. The van der Waals surface area contributed by atoms with Gasteiger partial charge in [0.1, 0.15) is 5.54 Å². The van der Waals surface area contributed by atoms with Crippen molar-refractivity contribution < 1.29 is 14.6 Å². The number of amides is 1. The molecule has 0 aromatic heterocycles. The van der Waals surface area contributed by atoms with Crippen LogP contribution in [-0.2, 0) is 9.53 Å². The summed E-state index contributed by atoms with van der Waals surface area (Å²) in [7, 11) is 0. The number of carbonyl (C=O) groups excluding carboxylic acids is 1. The molecule has 1 saturated heterocycles. The number of carbonyl (C=O) groups is 1. The smallest absolute Gasteiger partial charge is 0.241 e. The standard InChI is InChI=1S/C16H30N2O3/c1-14(2,7-8-19)10-18-13(20)16(17)11-6-5-9-21-12(11)15(16,3)4/h11-12,19H,5-10,17H2,1-4H3,(H,18,20). The molecular formula is C16H30N2O3. The lowest BCUT2D eigenvalue weighted by atomic mass is 9.46. The van der Waals surface area contributed by atoms with Gasteiger partial charge in [0.05, 0.1) is 6.10 Å². The third-order valence-corrected chi connectivity index (χ3v) is 5.58. The molecule has 1 heterocycles. The second-order valence-corrected chi connectivity index (χ2v) is 7.95. The molecule has 0 radical (unpaired) electrons. The number of aliphatic hydroxyl groups is 1. The number of nitrogens with one attached hydrogen (secondary N) is 1. The fraction of sp³-hybridized carbons (Fsp3) is 0.938. The Kier molecular flexibility index (Phi) is 4.40. The topological polar surface area (TPSA) is 84.6 Å². The zero-order valence-corrected chi connectivity index (χ0v) is 13.7. The number of hydrogen-bond acceptors (Lipinski definition) is 4. The highest BCUT2D eigenvalue weighted by molar-refractivity contribution is 5.89. The summed E-state index contributed by atoms with van der Waals surface area (Å²) in [5.41, 5.74) is 5.22. The summed E-state index contributed by atoms with van der Waals surface area (Å²) < 4.78 is 5.83. The lowest BCUT2D eigenvalue weighted by molar-refractivity contribution is -0.225. The Morgan fingerprint density at radius 1 is 1.48 bits per heavy atom. The average Bonchev–Trinajstić information content (AvgIpc) is 2.44. The van der Waals surface area contributed by atoms with Crippen molar-refractivity contribution in [3.63, 3.8) is 0 Å². The molecule has 2 fully saturated rings. The Morgan fingerprint density at radius 3 is 2.76 bits per heavy atom. The minimum absolute atomic E-state index is 0.0785. The molecule has 122 valence electrons. The van der Waals surface area contributed by atoms with E-state index in [4.69, 9.17) is 15.6 Å². The van der Waals surface area contributed by atoms with Gasteiger partial charge in [0.2, 0.25) is 5.91 Å². The highest BCUT2D eigenvalue weighted by Gasteiger charge is 2.70. The maximum atomic E-state index is 12.7. The largest absolute Gasteiger partial charge is 0.396 e. The van der Waals surface area contributed by atoms with Gasteiger partial charge in [-0.1, -0.05) is 27.7 Å². The van der Waals surface area contributed by atoms with Crippen molar-refractivity contribution in [2.75, 3.05) is 19.8 Å². The fourth-order valence-corrected chi connectivity index (χ4v) is 3.89. The van der Waals surface area contributed by atoms with Crippen LogP contribution in [0.1, 0.15) is 47.0 Å². The molecular weight excluding hydrogens is 268 g/mol. The zero-order chi connectivity index (χ0) is 15.9. The number of ether oxygens (including phenoxy) is 1. The third-order valence-electron chi connectivity index (χ3n) is 5.58.